The molecule has 182 valence electrons. The van der Waals surface area contributed by atoms with Crippen LogP contribution < -0.4 is 29.7 Å². The molecular weight excluding hydrogens is 468 g/mol. The number of anilines is 2. The van der Waals surface area contributed by atoms with Crippen molar-refractivity contribution in [2.45, 2.75) is 19.9 Å². The quantitative estimate of drug-likeness (QED) is 0.464. The number of nitrogens with zero attached hydrogens (tertiary/aromatic N) is 2. The minimum absolute atomic E-state index is 0.316. The average molecular weight is 495 g/mol. The van der Waals surface area contributed by atoms with Gasteiger partial charge in [0.2, 0.25) is 5.75 Å². The van der Waals surface area contributed by atoms with Gasteiger partial charge in [0.25, 0.3) is 5.91 Å². The maximum absolute atomic E-state index is 13.6. The van der Waals surface area contributed by atoms with Gasteiger partial charge in [-0.15, -0.1) is 0 Å². The van der Waals surface area contributed by atoms with Gasteiger partial charge in [-0.2, -0.15) is 0 Å². The van der Waals surface area contributed by atoms with Crippen LogP contribution in [0.5, 0.6) is 17.2 Å². The highest BCUT2D eigenvalue weighted by Crippen LogP contribution is 2.42. The minimum Gasteiger partial charge on any atom is -0.493 e. The third kappa shape index (κ3) is 4.65. The summed E-state index contributed by atoms with van der Waals surface area (Å²) in [5.74, 6) is 1.92. The fraction of sp³-hybridized carbons (Fsp3) is 0.240. The van der Waals surface area contributed by atoms with Gasteiger partial charge in [0.05, 0.1) is 32.9 Å². The fourth-order valence-electron chi connectivity index (χ4n) is 4.05. The molecule has 0 saturated carbocycles. The van der Waals surface area contributed by atoms with E-state index in [1.807, 2.05) is 42.2 Å². The van der Waals surface area contributed by atoms with Crippen LogP contribution in [0, 0.1) is 6.92 Å². The molecule has 2 N–H and O–H groups in total. The third-order valence-corrected chi connectivity index (χ3v) is 5.93. The minimum atomic E-state index is -0.607. The third-order valence-electron chi connectivity index (χ3n) is 5.63. The number of amides is 1. The Morgan fingerprint density at radius 3 is 2.26 bits per heavy atom. The van der Waals surface area contributed by atoms with E-state index in [4.69, 9.17) is 31.0 Å². The number of aryl methyl sites for hydroxylation is 1. The van der Waals surface area contributed by atoms with Crippen LogP contribution in [0.4, 0.5) is 11.5 Å². The summed E-state index contributed by atoms with van der Waals surface area (Å²) in [4.78, 5) is 15.5. The highest BCUT2D eigenvalue weighted by molar-refractivity contribution is 7.80. The van der Waals surface area contributed by atoms with E-state index in [2.05, 4.69) is 15.8 Å². The number of carbonyl (C=O) groups excluding carboxylic acids is 1. The zero-order valence-electron chi connectivity index (χ0n) is 20.0. The molecule has 0 saturated heterocycles. The molecule has 0 unspecified atom stereocenters. The lowest BCUT2D eigenvalue weighted by atomic mass is 9.93. The van der Waals surface area contributed by atoms with E-state index in [0.29, 0.717) is 50.8 Å². The summed E-state index contributed by atoms with van der Waals surface area (Å²) < 4.78 is 21.6. The van der Waals surface area contributed by atoms with Crippen molar-refractivity contribution in [1.82, 2.24) is 10.5 Å². The van der Waals surface area contributed by atoms with Crippen molar-refractivity contribution in [2.24, 2.45) is 0 Å². The van der Waals surface area contributed by atoms with E-state index in [1.165, 1.54) is 7.11 Å². The highest BCUT2D eigenvalue weighted by atomic mass is 32.1. The number of aromatic nitrogens is 1. The number of hydrogen-bond acceptors (Lipinski definition) is 7. The first-order valence-corrected chi connectivity index (χ1v) is 11.2. The number of ether oxygens (including phenoxy) is 3. The number of nitrogens with one attached hydrogen (secondary N) is 2. The molecular formula is C25H26N4O5S. The van der Waals surface area contributed by atoms with Gasteiger partial charge in [-0.25, -0.2) is 0 Å². The number of carbonyl (C=O) groups is 1. The second kappa shape index (κ2) is 10.1. The Labute approximate surface area is 208 Å². The number of thiocarbonyl (C=S) groups is 1. The van der Waals surface area contributed by atoms with Gasteiger partial charge in [0.15, 0.2) is 22.4 Å². The number of hydrogen-bond donors (Lipinski definition) is 2. The molecule has 2 aromatic carbocycles. The molecule has 1 amide bonds. The smallest absolute Gasteiger partial charge is 0.257 e. The molecule has 0 aliphatic carbocycles. The molecule has 1 aliphatic heterocycles. The fourth-order valence-corrected chi connectivity index (χ4v) is 4.41. The summed E-state index contributed by atoms with van der Waals surface area (Å²) in [5, 5.41) is 10.5. The molecule has 9 nitrogen and oxygen atoms in total. The van der Waals surface area contributed by atoms with Gasteiger partial charge in [0.1, 0.15) is 5.76 Å². The van der Waals surface area contributed by atoms with Crippen LogP contribution in [0.25, 0.3) is 0 Å². The summed E-state index contributed by atoms with van der Waals surface area (Å²) in [7, 11) is 4.62. The number of benzene rings is 2. The molecule has 0 spiro atoms. The number of methoxy groups -OCH3 is 3. The Morgan fingerprint density at radius 2 is 1.71 bits per heavy atom. The number of rotatable bonds is 7. The second-order valence-corrected chi connectivity index (χ2v) is 8.17. The normalized spacial score (nSPS) is 15.5. The Kier molecular flexibility index (Phi) is 6.92. The topological polar surface area (TPSA) is 98.1 Å². The van der Waals surface area contributed by atoms with Crippen molar-refractivity contribution in [3.05, 3.63) is 71.1 Å². The van der Waals surface area contributed by atoms with Crippen molar-refractivity contribution < 1.29 is 23.5 Å². The van der Waals surface area contributed by atoms with Crippen molar-refractivity contribution in [2.75, 3.05) is 31.5 Å². The molecule has 1 aliphatic rings. The standard InChI is InChI=1S/C25H26N4O5S/c1-14-11-20(28-34-14)26-24(30)21-15(2)29(17-9-7-6-8-10-17)25(35)27-22(21)16-12-18(31-3)23(33-5)19(13-16)32-4/h6-13,22H,1-5H3,(H,27,35)(H,26,28,30)/t22-/m0/s1. The number of para-hydroxylation sites is 1. The predicted molar refractivity (Wildman–Crippen MR) is 136 cm³/mol. The molecule has 0 bridgehead atoms. The zero-order valence-corrected chi connectivity index (χ0v) is 20.9. The SMILES string of the molecule is COc1cc([C@@H]2NC(=S)N(c3ccccc3)C(C)=C2C(=O)Nc2cc(C)on2)cc(OC)c1OC. The summed E-state index contributed by atoms with van der Waals surface area (Å²) in [6.07, 6.45) is 0. The molecule has 0 fully saturated rings. The van der Waals surface area contributed by atoms with Gasteiger partial charge in [-0.1, -0.05) is 23.4 Å². The van der Waals surface area contributed by atoms with Crippen LogP contribution in [0.3, 0.4) is 0 Å². The van der Waals surface area contributed by atoms with Gasteiger partial charge < -0.3 is 29.4 Å². The second-order valence-electron chi connectivity index (χ2n) is 7.79. The summed E-state index contributed by atoms with van der Waals surface area (Å²) in [6, 6.07) is 14.2. The summed E-state index contributed by atoms with van der Waals surface area (Å²) >= 11 is 5.74. The molecule has 10 heteroatoms. The molecule has 2 heterocycles. The van der Waals surface area contributed by atoms with Crippen LogP contribution >= 0.6 is 12.2 Å². The van der Waals surface area contributed by atoms with Crippen LogP contribution in [0.1, 0.15) is 24.3 Å². The first-order valence-electron chi connectivity index (χ1n) is 10.8. The molecule has 3 aromatic rings. The summed E-state index contributed by atoms with van der Waals surface area (Å²) in [5.41, 5.74) is 2.64. The van der Waals surface area contributed by atoms with Crippen LogP contribution in [0.15, 0.2) is 64.3 Å². The summed E-state index contributed by atoms with van der Waals surface area (Å²) in [6.45, 7) is 3.61. The Morgan fingerprint density at radius 1 is 1.06 bits per heavy atom. The Bertz CT molecular complexity index is 1260. The molecule has 0 radical (unpaired) electrons. The number of allylic oxidation sites excluding steroid dienone is 1. The first kappa shape index (κ1) is 24.1. The average Bonchev–Trinajstić information content (AvgIpc) is 3.27. The van der Waals surface area contributed by atoms with E-state index in [1.54, 1.807) is 39.3 Å². The first-order chi connectivity index (χ1) is 16.9. The zero-order chi connectivity index (χ0) is 25.1. The Balaban J connectivity index is 1.86. The van der Waals surface area contributed by atoms with E-state index >= 15 is 0 Å². The van der Waals surface area contributed by atoms with Crippen molar-refractivity contribution in [1.29, 1.82) is 0 Å². The maximum atomic E-state index is 13.6. The lowest BCUT2D eigenvalue weighted by Gasteiger charge is -2.38. The highest BCUT2D eigenvalue weighted by Gasteiger charge is 2.36. The lowest BCUT2D eigenvalue weighted by molar-refractivity contribution is -0.113. The van der Waals surface area contributed by atoms with Crippen molar-refractivity contribution >= 4 is 34.7 Å². The lowest BCUT2D eigenvalue weighted by Crippen LogP contribution is -2.48. The van der Waals surface area contributed by atoms with Gasteiger partial charge >= 0.3 is 0 Å². The van der Waals surface area contributed by atoms with E-state index in [9.17, 15) is 4.79 Å². The van der Waals surface area contributed by atoms with Gasteiger partial charge in [0, 0.05) is 17.5 Å². The molecule has 1 atom stereocenters. The maximum Gasteiger partial charge on any atom is 0.257 e. The largest absolute Gasteiger partial charge is 0.493 e. The molecule has 4 rings (SSSR count). The molecule has 35 heavy (non-hydrogen) atoms. The van der Waals surface area contributed by atoms with Crippen molar-refractivity contribution in [3.63, 3.8) is 0 Å². The predicted octanol–water partition coefficient (Wildman–Crippen LogP) is 4.36. The van der Waals surface area contributed by atoms with E-state index < -0.39 is 6.04 Å². The monoisotopic (exact) mass is 494 g/mol. The van der Waals surface area contributed by atoms with Crippen LogP contribution in [0.2, 0.25) is 0 Å². The molecule has 1 aromatic heterocycles. The van der Waals surface area contributed by atoms with Crippen LogP contribution in [-0.2, 0) is 4.79 Å². The van der Waals surface area contributed by atoms with E-state index in [-0.39, 0.29) is 5.91 Å². The van der Waals surface area contributed by atoms with Gasteiger partial charge in [-0.05, 0) is 55.9 Å². The van der Waals surface area contributed by atoms with Crippen molar-refractivity contribution in [3.8, 4) is 17.2 Å². The Hall–Kier alpha value is -4.05. The van der Waals surface area contributed by atoms with Crippen LogP contribution in [-0.4, -0.2) is 37.5 Å². The van der Waals surface area contributed by atoms with Gasteiger partial charge in [-0.3, -0.25) is 9.69 Å². The van der Waals surface area contributed by atoms with E-state index in [0.717, 1.165) is 5.69 Å².